The number of benzene rings is 1. The minimum absolute atomic E-state index is 0.109. The number of carboxylic acids is 1. The number of carbonyl (C=O) groups is 2. The molecule has 0 aromatic heterocycles. The zero-order valence-electron chi connectivity index (χ0n) is 9.48. The Morgan fingerprint density at radius 3 is 2.41 bits per heavy atom. The van der Waals surface area contributed by atoms with E-state index in [0.29, 0.717) is 5.56 Å². The summed E-state index contributed by atoms with van der Waals surface area (Å²) in [6.45, 7) is 3.14. The number of rotatable bonds is 4. The van der Waals surface area contributed by atoms with Crippen LogP contribution in [-0.2, 0) is 4.79 Å². The van der Waals surface area contributed by atoms with Crippen molar-refractivity contribution in [2.75, 3.05) is 0 Å². The van der Waals surface area contributed by atoms with Gasteiger partial charge in [0.1, 0.15) is 0 Å². The summed E-state index contributed by atoms with van der Waals surface area (Å²) in [7, 11) is 0. The van der Waals surface area contributed by atoms with Crippen molar-refractivity contribution in [2.45, 2.75) is 25.3 Å². The Labute approximate surface area is 104 Å². The standard InChI is InChI=1S/C12H13ClO4/c1-6-4-3-5-8(10(14)7(2)13)9(6)11(15)12(16)17/h3-5,7,11,15H,1-2H3,(H,16,17). The molecule has 0 radical (unpaired) electrons. The van der Waals surface area contributed by atoms with Gasteiger partial charge in [0.2, 0.25) is 0 Å². The Bertz CT molecular complexity index is 454. The van der Waals surface area contributed by atoms with Crippen molar-refractivity contribution in [1.29, 1.82) is 0 Å². The number of carboxylic acid groups (broad SMARTS) is 1. The number of ketones is 1. The molecule has 17 heavy (non-hydrogen) atoms. The summed E-state index contributed by atoms with van der Waals surface area (Å²) in [5.41, 5.74) is 0.808. The molecule has 92 valence electrons. The van der Waals surface area contributed by atoms with Crippen LogP contribution in [0.15, 0.2) is 18.2 Å². The summed E-state index contributed by atoms with van der Waals surface area (Å²) >= 11 is 5.69. The molecule has 0 aliphatic carbocycles. The predicted octanol–water partition coefficient (Wildman–Crippen LogP) is 1.92. The smallest absolute Gasteiger partial charge is 0.337 e. The zero-order chi connectivity index (χ0) is 13.2. The summed E-state index contributed by atoms with van der Waals surface area (Å²) in [6, 6.07) is 4.73. The summed E-state index contributed by atoms with van der Waals surface area (Å²) in [4.78, 5) is 22.6. The number of hydrogen-bond donors (Lipinski definition) is 2. The van der Waals surface area contributed by atoms with Gasteiger partial charge in [-0.05, 0) is 19.4 Å². The molecule has 2 N–H and O–H groups in total. The van der Waals surface area contributed by atoms with E-state index in [0.717, 1.165) is 0 Å². The Morgan fingerprint density at radius 2 is 1.94 bits per heavy atom. The molecule has 0 saturated heterocycles. The van der Waals surface area contributed by atoms with Crippen LogP contribution >= 0.6 is 11.6 Å². The van der Waals surface area contributed by atoms with E-state index in [4.69, 9.17) is 16.7 Å². The molecule has 0 aliphatic heterocycles. The fourth-order valence-corrected chi connectivity index (χ4v) is 1.71. The van der Waals surface area contributed by atoms with Crippen LogP contribution in [0.4, 0.5) is 0 Å². The molecule has 1 aromatic rings. The predicted molar refractivity (Wildman–Crippen MR) is 63.4 cm³/mol. The highest BCUT2D eigenvalue weighted by Crippen LogP contribution is 2.24. The number of Topliss-reactive ketones (excluding diaryl/α,β-unsaturated/α-hetero) is 1. The van der Waals surface area contributed by atoms with Gasteiger partial charge in [0.15, 0.2) is 11.9 Å². The highest BCUT2D eigenvalue weighted by atomic mass is 35.5. The number of halogens is 1. The lowest BCUT2D eigenvalue weighted by Gasteiger charge is -2.15. The maximum absolute atomic E-state index is 11.8. The van der Waals surface area contributed by atoms with E-state index in [1.807, 2.05) is 0 Å². The lowest BCUT2D eigenvalue weighted by Crippen LogP contribution is -2.19. The number of aryl methyl sites for hydroxylation is 1. The molecule has 0 amide bonds. The van der Waals surface area contributed by atoms with Crippen molar-refractivity contribution in [1.82, 2.24) is 0 Å². The van der Waals surface area contributed by atoms with E-state index >= 15 is 0 Å². The molecule has 0 bridgehead atoms. The van der Waals surface area contributed by atoms with Crippen molar-refractivity contribution in [2.24, 2.45) is 0 Å². The van der Waals surface area contributed by atoms with Gasteiger partial charge in [0, 0.05) is 11.1 Å². The Hall–Kier alpha value is -1.39. The van der Waals surface area contributed by atoms with Crippen molar-refractivity contribution in [3.63, 3.8) is 0 Å². The summed E-state index contributed by atoms with van der Waals surface area (Å²) in [5, 5.41) is 17.6. The molecule has 0 spiro atoms. The lowest BCUT2D eigenvalue weighted by atomic mass is 9.93. The van der Waals surface area contributed by atoms with Crippen molar-refractivity contribution < 1.29 is 19.8 Å². The van der Waals surface area contributed by atoms with Gasteiger partial charge in [-0.2, -0.15) is 0 Å². The molecular formula is C12H13ClO4. The van der Waals surface area contributed by atoms with E-state index in [2.05, 4.69) is 0 Å². The van der Waals surface area contributed by atoms with Gasteiger partial charge in [-0.15, -0.1) is 11.6 Å². The monoisotopic (exact) mass is 256 g/mol. The van der Waals surface area contributed by atoms with Gasteiger partial charge in [-0.3, -0.25) is 4.79 Å². The topological polar surface area (TPSA) is 74.6 Å². The fourth-order valence-electron chi connectivity index (χ4n) is 1.60. The van der Waals surface area contributed by atoms with Gasteiger partial charge in [-0.25, -0.2) is 4.79 Å². The second-order valence-electron chi connectivity index (χ2n) is 3.76. The van der Waals surface area contributed by atoms with Gasteiger partial charge in [0.05, 0.1) is 5.38 Å². The average Bonchev–Trinajstić information content (AvgIpc) is 2.26. The average molecular weight is 257 g/mol. The van der Waals surface area contributed by atoms with Crippen LogP contribution in [0.1, 0.15) is 34.5 Å². The van der Waals surface area contributed by atoms with E-state index in [1.165, 1.54) is 13.0 Å². The molecule has 0 saturated carbocycles. The number of hydrogen-bond acceptors (Lipinski definition) is 3. The van der Waals surface area contributed by atoms with E-state index in [-0.39, 0.29) is 11.1 Å². The minimum Gasteiger partial charge on any atom is -0.479 e. The third kappa shape index (κ3) is 2.84. The molecule has 1 aromatic carbocycles. The van der Waals surface area contributed by atoms with Crippen LogP contribution in [0.5, 0.6) is 0 Å². The Balaban J connectivity index is 3.36. The molecule has 2 atom stereocenters. The van der Waals surface area contributed by atoms with E-state index in [9.17, 15) is 14.7 Å². The summed E-state index contributed by atoms with van der Waals surface area (Å²) in [6.07, 6.45) is -1.72. The first kappa shape index (κ1) is 13.7. The lowest BCUT2D eigenvalue weighted by molar-refractivity contribution is -0.147. The maximum atomic E-state index is 11.8. The van der Waals surface area contributed by atoms with Crippen LogP contribution in [0.2, 0.25) is 0 Å². The molecular weight excluding hydrogens is 244 g/mol. The number of aliphatic hydroxyl groups excluding tert-OH is 1. The molecule has 2 unspecified atom stereocenters. The first-order valence-corrected chi connectivity index (χ1v) is 5.48. The number of aliphatic carboxylic acids is 1. The number of alkyl halides is 1. The van der Waals surface area contributed by atoms with Crippen LogP contribution in [0.25, 0.3) is 0 Å². The third-order valence-electron chi connectivity index (χ3n) is 2.46. The second-order valence-corrected chi connectivity index (χ2v) is 4.41. The molecule has 0 fully saturated rings. The van der Waals surface area contributed by atoms with Crippen molar-refractivity contribution >= 4 is 23.4 Å². The quantitative estimate of drug-likeness (QED) is 0.638. The van der Waals surface area contributed by atoms with E-state index < -0.39 is 23.2 Å². The summed E-state index contributed by atoms with van der Waals surface area (Å²) in [5.74, 6) is -1.79. The fraction of sp³-hybridized carbons (Fsp3) is 0.333. The number of aliphatic hydroxyl groups is 1. The van der Waals surface area contributed by atoms with Crippen molar-refractivity contribution in [3.8, 4) is 0 Å². The van der Waals surface area contributed by atoms with E-state index in [1.54, 1.807) is 19.1 Å². The van der Waals surface area contributed by atoms with Crippen LogP contribution in [-0.4, -0.2) is 27.3 Å². The molecule has 0 heterocycles. The van der Waals surface area contributed by atoms with Gasteiger partial charge >= 0.3 is 5.97 Å². The summed E-state index contributed by atoms with van der Waals surface area (Å²) < 4.78 is 0. The highest BCUT2D eigenvalue weighted by Gasteiger charge is 2.25. The third-order valence-corrected chi connectivity index (χ3v) is 2.66. The van der Waals surface area contributed by atoms with Crippen LogP contribution in [0.3, 0.4) is 0 Å². The zero-order valence-corrected chi connectivity index (χ0v) is 10.2. The SMILES string of the molecule is Cc1cccc(C(=O)C(C)Cl)c1C(O)C(=O)O. The maximum Gasteiger partial charge on any atom is 0.337 e. The van der Waals surface area contributed by atoms with Crippen LogP contribution < -0.4 is 0 Å². The Morgan fingerprint density at radius 1 is 1.35 bits per heavy atom. The molecule has 0 aliphatic rings. The normalized spacial score (nSPS) is 14.1. The highest BCUT2D eigenvalue weighted by molar-refractivity contribution is 6.33. The minimum atomic E-state index is -1.72. The van der Waals surface area contributed by atoms with Crippen molar-refractivity contribution in [3.05, 3.63) is 34.9 Å². The second kappa shape index (κ2) is 5.29. The Kier molecular flexibility index (Phi) is 4.26. The number of carbonyl (C=O) groups excluding carboxylic acids is 1. The van der Waals surface area contributed by atoms with Gasteiger partial charge < -0.3 is 10.2 Å². The molecule has 5 heteroatoms. The molecule has 4 nitrogen and oxygen atoms in total. The van der Waals surface area contributed by atoms with Gasteiger partial charge in [0.25, 0.3) is 0 Å². The largest absolute Gasteiger partial charge is 0.479 e. The first-order chi connectivity index (χ1) is 7.86. The molecule has 1 rings (SSSR count). The first-order valence-electron chi connectivity index (χ1n) is 5.05. The van der Waals surface area contributed by atoms with Gasteiger partial charge in [-0.1, -0.05) is 18.2 Å². The van der Waals surface area contributed by atoms with Crippen LogP contribution in [0, 0.1) is 6.92 Å².